The average Bonchev–Trinajstić information content (AvgIpc) is 2.79. The van der Waals surface area contributed by atoms with E-state index in [1.165, 1.54) is 19.2 Å². The second-order valence-corrected chi connectivity index (χ2v) is 12.2. The van der Waals surface area contributed by atoms with E-state index in [9.17, 15) is 21.6 Å². The Hall–Kier alpha value is -0.780. The zero-order chi connectivity index (χ0) is 20.6. The molecule has 2 rings (SSSR count). The van der Waals surface area contributed by atoms with Gasteiger partial charge in [-0.3, -0.25) is 4.79 Å². The molecule has 1 fully saturated rings. The Labute approximate surface area is 172 Å². The molecule has 152 valence electrons. The maximum atomic E-state index is 12.8. The van der Waals surface area contributed by atoms with E-state index in [4.69, 9.17) is 39.5 Å². The Morgan fingerprint density at radius 3 is 2.37 bits per heavy atom. The van der Waals surface area contributed by atoms with Crippen molar-refractivity contribution in [2.75, 3.05) is 18.6 Å². The van der Waals surface area contributed by atoms with Crippen LogP contribution in [0.2, 0.25) is 0 Å². The lowest BCUT2D eigenvalue weighted by atomic mass is 10.2. The number of halogens is 3. The van der Waals surface area contributed by atoms with Crippen molar-refractivity contribution in [2.45, 2.75) is 27.7 Å². The number of sulfone groups is 1. The number of alkyl halides is 3. The van der Waals surface area contributed by atoms with Gasteiger partial charge < -0.3 is 10.1 Å². The molecular weight excluding hydrogens is 463 g/mol. The molecule has 0 spiro atoms. The van der Waals surface area contributed by atoms with E-state index in [1.54, 1.807) is 13.0 Å². The highest BCUT2D eigenvalue weighted by atomic mass is 35.6. The van der Waals surface area contributed by atoms with E-state index in [2.05, 4.69) is 10.0 Å². The van der Waals surface area contributed by atoms with Crippen LogP contribution in [-0.2, 0) is 24.7 Å². The number of hydrogen-bond acceptors (Lipinski definition) is 6. The molecule has 2 N–H and O–H groups in total. The molecule has 1 aromatic carbocycles. The normalized spacial score (nSPS) is 22.4. The average molecular weight is 480 g/mol. The molecule has 0 saturated carbocycles. The molecule has 8 nitrogen and oxygen atoms in total. The zero-order valence-corrected chi connectivity index (χ0v) is 18.1. The molecule has 1 saturated heterocycles. The molecule has 2 atom stereocenters. The standard InChI is InChI=1S/C14H17Cl3N2O6S2/c1-8-3-4-11(25-2)12(5-8)27(23,24)19-10-7-26(21,22)6-9(10)18-13(20)14(15,16)17/h3-5,9-10,19H,6-7H2,1-2H3,(H,18,20)/t9-,10-/m1/s1. The number of nitrogens with one attached hydrogen (secondary N) is 2. The van der Waals surface area contributed by atoms with Gasteiger partial charge in [-0.25, -0.2) is 21.6 Å². The van der Waals surface area contributed by atoms with Gasteiger partial charge in [0.1, 0.15) is 10.6 Å². The van der Waals surface area contributed by atoms with Gasteiger partial charge >= 0.3 is 0 Å². The lowest BCUT2D eigenvalue weighted by Gasteiger charge is -2.23. The lowest BCUT2D eigenvalue weighted by molar-refractivity contribution is -0.120. The van der Waals surface area contributed by atoms with Gasteiger partial charge in [0.15, 0.2) is 9.84 Å². The van der Waals surface area contributed by atoms with Gasteiger partial charge in [-0.1, -0.05) is 40.9 Å². The Balaban J connectivity index is 2.32. The highest BCUT2D eigenvalue weighted by molar-refractivity contribution is 7.92. The zero-order valence-electron chi connectivity index (χ0n) is 14.2. The molecule has 1 heterocycles. The fraction of sp³-hybridized carbons (Fsp3) is 0.500. The first-order chi connectivity index (χ1) is 12.2. The summed E-state index contributed by atoms with van der Waals surface area (Å²) >= 11 is 16.4. The van der Waals surface area contributed by atoms with Crippen molar-refractivity contribution >= 4 is 60.6 Å². The van der Waals surface area contributed by atoms with Crippen molar-refractivity contribution in [3.63, 3.8) is 0 Å². The summed E-state index contributed by atoms with van der Waals surface area (Å²) in [6.07, 6.45) is 0. The molecule has 0 aliphatic carbocycles. The minimum atomic E-state index is -4.15. The first-order valence-corrected chi connectivity index (χ1v) is 11.9. The first kappa shape index (κ1) is 22.5. The predicted octanol–water partition coefficient (Wildman–Crippen LogP) is 0.934. The van der Waals surface area contributed by atoms with Crippen LogP contribution in [0.3, 0.4) is 0 Å². The highest BCUT2D eigenvalue weighted by Crippen LogP contribution is 2.28. The molecule has 0 unspecified atom stereocenters. The van der Waals surface area contributed by atoms with E-state index in [0.29, 0.717) is 5.56 Å². The smallest absolute Gasteiger partial charge is 0.272 e. The molecule has 1 amide bonds. The summed E-state index contributed by atoms with van der Waals surface area (Å²) in [5.41, 5.74) is 0.663. The van der Waals surface area contributed by atoms with Crippen molar-refractivity contribution in [3.05, 3.63) is 23.8 Å². The monoisotopic (exact) mass is 478 g/mol. The van der Waals surface area contributed by atoms with E-state index in [0.717, 1.165) is 0 Å². The molecule has 27 heavy (non-hydrogen) atoms. The van der Waals surface area contributed by atoms with Crippen molar-refractivity contribution < 1.29 is 26.4 Å². The summed E-state index contributed by atoms with van der Waals surface area (Å²) in [5.74, 6) is -1.95. The molecule has 0 aromatic heterocycles. The summed E-state index contributed by atoms with van der Waals surface area (Å²) in [6.45, 7) is 1.70. The molecule has 13 heteroatoms. The van der Waals surface area contributed by atoms with Crippen LogP contribution in [-0.4, -0.2) is 57.2 Å². The summed E-state index contributed by atoms with van der Waals surface area (Å²) < 4.78 is 54.6. The van der Waals surface area contributed by atoms with Crippen LogP contribution in [0, 0.1) is 6.92 Å². The van der Waals surface area contributed by atoms with Gasteiger partial charge in [0, 0.05) is 0 Å². The Morgan fingerprint density at radius 1 is 1.22 bits per heavy atom. The van der Waals surface area contributed by atoms with Crippen LogP contribution in [0.25, 0.3) is 0 Å². The maximum absolute atomic E-state index is 12.8. The van der Waals surface area contributed by atoms with E-state index < -0.39 is 53.1 Å². The van der Waals surface area contributed by atoms with E-state index >= 15 is 0 Å². The SMILES string of the molecule is COc1ccc(C)cc1S(=O)(=O)N[C@@H]1CS(=O)(=O)C[C@H]1NC(=O)C(Cl)(Cl)Cl. The molecule has 1 aliphatic rings. The Bertz CT molecular complexity index is 944. The lowest BCUT2D eigenvalue weighted by Crippen LogP contribution is -2.53. The number of ether oxygens (including phenoxy) is 1. The molecule has 1 aliphatic heterocycles. The van der Waals surface area contributed by atoms with Gasteiger partial charge in [0.25, 0.3) is 9.70 Å². The van der Waals surface area contributed by atoms with Crippen LogP contribution in [0.1, 0.15) is 5.56 Å². The first-order valence-electron chi connectivity index (χ1n) is 7.50. The summed E-state index contributed by atoms with van der Waals surface area (Å²) in [4.78, 5) is 11.7. The number of aryl methyl sites for hydroxylation is 1. The van der Waals surface area contributed by atoms with E-state index in [1.807, 2.05) is 0 Å². The summed E-state index contributed by atoms with van der Waals surface area (Å²) in [7, 11) is -6.46. The number of carbonyl (C=O) groups excluding carboxylic acids is 1. The largest absolute Gasteiger partial charge is 0.495 e. The van der Waals surface area contributed by atoms with Crippen LogP contribution in [0.15, 0.2) is 23.1 Å². The van der Waals surface area contributed by atoms with E-state index in [-0.39, 0.29) is 10.6 Å². The van der Waals surface area contributed by atoms with Crippen molar-refractivity contribution in [2.24, 2.45) is 0 Å². The van der Waals surface area contributed by atoms with Gasteiger partial charge in [0.2, 0.25) is 10.0 Å². The fourth-order valence-corrected chi connectivity index (χ4v) is 6.27. The van der Waals surface area contributed by atoms with Crippen molar-refractivity contribution in [1.82, 2.24) is 10.0 Å². The minimum Gasteiger partial charge on any atom is -0.495 e. The quantitative estimate of drug-likeness (QED) is 0.607. The minimum absolute atomic E-state index is 0.0934. The number of sulfonamides is 1. The van der Waals surface area contributed by atoms with Gasteiger partial charge in [-0.2, -0.15) is 0 Å². The van der Waals surface area contributed by atoms with Crippen molar-refractivity contribution in [3.8, 4) is 5.75 Å². The topological polar surface area (TPSA) is 119 Å². The molecule has 1 aromatic rings. The van der Waals surface area contributed by atoms with Crippen LogP contribution in [0.4, 0.5) is 0 Å². The fourth-order valence-electron chi connectivity index (χ4n) is 2.61. The number of hydrogen-bond donors (Lipinski definition) is 2. The predicted molar refractivity (Wildman–Crippen MR) is 103 cm³/mol. The second kappa shape index (κ2) is 7.92. The van der Waals surface area contributed by atoms with Crippen molar-refractivity contribution in [1.29, 1.82) is 0 Å². The maximum Gasteiger partial charge on any atom is 0.272 e. The van der Waals surface area contributed by atoms with Gasteiger partial charge in [-0.15, -0.1) is 0 Å². The third-order valence-corrected chi connectivity index (χ3v) is 7.60. The summed E-state index contributed by atoms with van der Waals surface area (Å²) in [6, 6.07) is 2.31. The van der Waals surface area contributed by atoms with Crippen LogP contribution >= 0.6 is 34.8 Å². The number of rotatable bonds is 5. The number of amides is 1. The third kappa shape index (κ3) is 5.61. The Kier molecular flexibility index (Phi) is 6.60. The molecule has 0 radical (unpaired) electrons. The van der Waals surface area contributed by atoms with Crippen LogP contribution in [0.5, 0.6) is 5.75 Å². The van der Waals surface area contributed by atoms with Gasteiger partial charge in [0.05, 0.1) is 30.7 Å². The second-order valence-electron chi connectivity index (χ2n) is 6.04. The molecular formula is C14H17Cl3N2O6S2. The highest BCUT2D eigenvalue weighted by Gasteiger charge is 2.43. The van der Waals surface area contributed by atoms with Gasteiger partial charge in [-0.05, 0) is 24.6 Å². The number of benzene rings is 1. The third-order valence-electron chi connectivity index (χ3n) is 3.84. The number of carbonyl (C=O) groups is 1. The number of methoxy groups -OCH3 is 1. The van der Waals surface area contributed by atoms with Crippen LogP contribution < -0.4 is 14.8 Å². The summed E-state index contributed by atoms with van der Waals surface area (Å²) in [5, 5.41) is 2.27. The Morgan fingerprint density at radius 2 is 1.81 bits per heavy atom. The molecule has 0 bridgehead atoms.